The number of hydrogen-bond acceptors (Lipinski definition) is 1. The molecule has 3 rings (SSSR count). The molecule has 0 heterocycles. The van der Waals surface area contributed by atoms with Crippen molar-refractivity contribution in [1.29, 1.82) is 0 Å². The molecule has 98 valence electrons. The van der Waals surface area contributed by atoms with Gasteiger partial charge in [-0.1, -0.05) is 25.3 Å². The van der Waals surface area contributed by atoms with E-state index < -0.39 is 0 Å². The van der Waals surface area contributed by atoms with Crippen molar-refractivity contribution in [2.24, 2.45) is 5.41 Å². The summed E-state index contributed by atoms with van der Waals surface area (Å²) in [5, 5.41) is 0.233. The first kappa shape index (κ1) is 12.3. The Bertz CT molecular complexity index is 428. The smallest absolute Gasteiger partial charge is 0.126 e. The number of ether oxygens (including phenoxy) is 1. The number of hydrogen-bond donors (Lipinski definition) is 0. The number of alkyl halides is 1. The zero-order chi connectivity index (χ0) is 12.6. The summed E-state index contributed by atoms with van der Waals surface area (Å²) in [6.07, 6.45) is 7.15. The third-order valence-electron chi connectivity index (χ3n) is 4.54. The molecule has 1 aromatic carbocycles. The number of halogens is 2. The van der Waals surface area contributed by atoms with Gasteiger partial charge in [-0.3, -0.25) is 0 Å². The van der Waals surface area contributed by atoms with Crippen molar-refractivity contribution in [2.45, 2.75) is 50.0 Å². The molecule has 2 unspecified atom stereocenters. The van der Waals surface area contributed by atoms with Crippen molar-refractivity contribution >= 4 is 11.6 Å². The van der Waals surface area contributed by atoms with Crippen LogP contribution in [0.4, 0.5) is 4.39 Å². The molecule has 0 amide bonds. The van der Waals surface area contributed by atoms with Gasteiger partial charge in [-0.2, -0.15) is 0 Å². The van der Waals surface area contributed by atoms with Crippen molar-refractivity contribution in [3.63, 3.8) is 0 Å². The molecule has 0 radical (unpaired) electrons. The van der Waals surface area contributed by atoms with E-state index in [-0.39, 0.29) is 22.7 Å². The van der Waals surface area contributed by atoms with E-state index in [1.807, 2.05) is 6.07 Å². The summed E-state index contributed by atoms with van der Waals surface area (Å²) in [6, 6.07) is 6.41. The molecule has 1 aromatic rings. The summed E-state index contributed by atoms with van der Waals surface area (Å²) in [6.45, 7) is 0. The molecule has 2 aliphatic rings. The lowest BCUT2D eigenvalue weighted by Gasteiger charge is -2.55. The van der Waals surface area contributed by atoms with E-state index in [4.69, 9.17) is 16.3 Å². The number of benzene rings is 1. The average molecular weight is 269 g/mol. The minimum absolute atomic E-state index is 0.145. The first-order chi connectivity index (χ1) is 8.71. The van der Waals surface area contributed by atoms with Gasteiger partial charge in [-0.15, -0.1) is 11.6 Å². The highest BCUT2D eigenvalue weighted by Gasteiger charge is 2.55. The Hall–Kier alpha value is -0.760. The lowest BCUT2D eigenvalue weighted by Crippen LogP contribution is -2.58. The second-order valence-electron chi connectivity index (χ2n) is 5.56. The quantitative estimate of drug-likeness (QED) is 0.716. The van der Waals surface area contributed by atoms with Crippen molar-refractivity contribution in [1.82, 2.24) is 0 Å². The van der Waals surface area contributed by atoms with Gasteiger partial charge in [0.2, 0.25) is 0 Å². The molecule has 0 saturated heterocycles. The minimum Gasteiger partial charge on any atom is -0.490 e. The second-order valence-corrected chi connectivity index (χ2v) is 6.09. The maximum absolute atomic E-state index is 13.1. The Labute approximate surface area is 112 Å². The van der Waals surface area contributed by atoms with Crippen molar-refractivity contribution in [3.8, 4) is 5.75 Å². The van der Waals surface area contributed by atoms with Crippen LogP contribution >= 0.6 is 11.6 Å². The van der Waals surface area contributed by atoms with Crippen LogP contribution in [0, 0.1) is 11.2 Å². The molecule has 1 nitrogen and oxygen atoms in total. The predicted molar refractivity (Wildman–Crippen MR) is 70.6 cm³/mol. The van der Waals surface area contributed by atoms with Crippen LogP contribution in [0.2, 0.25) is 0 Å². The molecule has 0 aromatic heterocycles. The first-order valence-electron chi connectivity index (χ1n) is 6.77. The molecule has 2 saturated carbocycles. The normalized spacial score (nSPS) is 29.9. The van der Waals surface area contributed by atoms with Crippen LogP contribution in [0.15, 0.2) is 24.3 Å². The molecule has 2 fully saturated rings. The molecule has 2 atom stereocenters. The molecular formula is C15H18ClFO. The SMILES string of the molecule is Fc1cccc(OC2CC(Cl)C23CCCCC3)c1. The monoisotopic (exact) mass is 268 g/mol. The maximum atomic E-state index is 13.1. The molecule has 3 heteroatoms. The van der Waals surface area contributed by atoms with Gasteiger partial charge in [0.15, 0.2) is 0 Å². The molecule has 2 aliphatic carbocycles. The van der Waals surface area contributed by atoms with Gasteiger partial charge in [0.1, 0.15) is 17.7 Å². The van der Waals surface area contributed by atoms with Crippen molar-refractivity contribution < 1.29 is 9.13 Å². The van der Waals surface area contributed by atoms with Crippen LogP contribution in [0.1, 0.15) is 38.5 Å². The van der Waals surface area contributed by atoms with Gasteiger partial charge in [-0.25, -0.2) is 4.39 Å². The zero-order valence-corrected chi connectivity index (χ0v) is 11.1. The van der Waals surface area contributed by atoms with Gasteiger partial charge in [0, 0.05) is 23.3 Å². The summed E-state index contributed by atoms with van der Waals surface area (Å²) < 4.78 is 19.1. The van der Waals surface area contributed by atoms with Crippen LogP contribution in [0.5, 0.6) is 5.75 Å². The lowest BCUT2D eigenvalue weighted by atomic mass is 9.58. The highest BCUT2D eigenvalue weighted by Crippen LogP contribution is 2.55. The zero-order valence-electron chi connectivity index (χ0n) is 10.4. The molecular weight excluding hydrogens is 251 g/mol. The summed E-state index contributed by atoms with van der Waals surface area (Å²) in [5.41, 5.74) is 0.145. The standard InChI is InChI=1S/C15H18ClFO/c16-13-10-14(15(13)7-2-1-3-8-15)18-12-6-4-5-11(17)9-12/h4-6,9,13-14H,1-3,7-8,10H2. The van der Waals surface area contributed by atoms with E-state index in [9.17, 15) is 4.39 Å². The van der Waals surface area contributed by atoms with E-state index in [1.54, 1.807) is 6.07 Å². The largest absolute Gasteiger partial charge is 0.490 e. The topological polar surface area (TPSA) is 9.23 Å². The fourth-order valence-electron chi connectivity index (χ4n) is 3.41. The van der Waals surface area contributed by atoms with Crippen LogP contribution < -0.4 is 4.74 Å². The molecule has 0 N–H and O–H groups in total. The van der Waals surface area contributed by atoms with Gasteiger partial charge in [0.25, 0.3) is 0 Å². The van der Waals surface area contributed by atoms with E-state index in [2.05, 4.69) is 0 Å². The van der Waals surface area contributed by atoms with Crippen LogP contribution in [0.3, 0.4) is 0 Å². The van der Waals surface area contributed by atoms with Gasteiger partial charge in [0.05, 0.1) is 0 Å². The van der Waals surface area contributed by atoms with Crippen LogP contribution in [0.25, 0.3) is 0 Å². The Morgan fingerprint density at radius 1 is 1.22 bits per heavy atom. The molecule has 0 aliphatic heterocycles. The highest BCUT2D eigenvalue weighted by atomic mass is 35.5. The Balaban J connectivity index is 1.73. The second kappa shape index (κ2) is 4.73. The van der Waals surface area contributed by atoms with Crippen molar-refractivity contribution in [2.75, 3.05) is 0 Å². The summed E-state index contributed by atoms with van der Waals surface area (Å²) in [5.74, 6) is 0.389. The summed E-state index contributed by atoms with van der Waals surface area (Å²) in [7, 11) is 0. The van der Waals surface area contributed by atoms with Crippen LogP contribution in [-0.2, 0) is 0 Å². The fourth-order valence-corrected chi connectivity index (χ4v) is 3.93. The third-order valence-corrected chi connectivity index (χ3v) is 5.16. The fraction of sp³-hybridized carbons (Fsp3) is 0.600. The van der Waals surface area contributed by atoms with Gasteiger partial charge < -0.3 is 4.74 Å². The molecule has 18 heavy (non-hydrogen) atoms. The Kier molecular flexibility index (Phi) is 3.23. The van der Waals surface area contributed by atoms with Gasteiger partial charge >= 0.3 is 0 Å². The first-order valence-corrected chi connectivity index (χ1v) is 7.21. The van der Waals surface area contributed by atoms with E-state index in [0.29, 0.717) is 5.75 Å². The van der Waals surface area contributed by atoms with Gasteiger partial charge in [-0.05, 0) is 25.0 Å². The summed E-state index contributed by atoms with van der Waals surface area (Å²) >= 11 is 6.42. The highest BCUT2D eigenvalue weighted by molar-refractivity contribution is 6.21. The van der Waals surface area contributed by atoms with E-state index >= 15 is 0 Å². The summed E-state index contributed by atoms with van der Waals surface area (Å²) in [4.78, 5) is 0. The molecule has 1 spiro atoms. The lowest BCUT2D eigenvalue weighted by molar-refractivity contribution is -0.0651. The number of rotatable bonds is 2. The minimum atomic E-state index is -0.244. The Morgan fingerprint density at radius 2 is 2.00 bits per heavy atom. The third kappa shape index (κ3) is 2.01. The average Bonchev–Trinajstić information content (AvgIpc) is 2.39. The van der Waals surface area contributed by atoms with Crippen molar-refractivity contribution in [3.05, 3.63) is 30.1 Å². The van der Waals surface area contributed by atoms with E-state index in [0.717, 1.165) is 19.3 Å². The predicted octanol–water partition coefficient (Wildman–Crippen LogP) is 4.53. The maximum Gasteiger partial charge on any atom is 0.126 e. The van der Waals surface area contributed by atoms with E-state index in [1.165, 1.54) is 31.4 Å². The molecule has 0 bridgehead atoms. The Morgan fingerprint density at radius 3 is 2.67 bits per heavy atom. The van der Waals surface area contributed by atoms with Crippen LogP contribution in [-0.4, -0.2) is 11.5 Å².